The van der Waals surface area contributed by atoms with E-state index in [1.54, 1.807) is 0 Å². The Hall–Kier alpha value is -1.20. The van der Waals surface area contributed by atoms with Crippen LogP contribution in [-0.2, 0) is 4.79 Å². The van der Waals surface area contributed by atoms with E-state index in [0.29, 0.717) is 12.2 Å². The Morgan fingerprint density at radius 1 is 1.38 bits per heavy atom. The summed E-state index contributed by atoms with van der Waals surface area (Å²) in [4.78, 5) is 11.4. The fourth-order valence-electron chi connectivity index (χ4n) is 0.999. The number of carbonyl (C=O) groups is 1. The Kier molecular flexibility index (Phi) is 7.41. The summed E-state index contributed by atoms with van der Waals surface area (Å²) in [7, 11) is 0. The molecule has 88 valence electrons. The number of amidine groups is 1. The highest BCUT2D eigenvalue weighted by molar-refractivity contribution is 8.13. The van der Waals surface area contributed by atoms with Crippen LogP contribution in [0.15, 0.2) is 30.3 Å². The number of halogens is 1. The Balaban J connectivity index is 0.00000225. The molecular formula is C10H14ClN3OS. The zero-order valence-corrected chi connectivity index (χ0v) is 10.2. The molecule has 0 bridgehead atoms. The molecule has 6 heteroatoms. The van der Waals surface area contributed by atoms with Gasteiger partial charge in [0.05, 0.1) is 0 Å². The van der Waals surface area contributed by atoms with Crippen molar-refractivity contribution in [1.82, 2.24) is 0 Å². The second-order valence-corrected chi connectivity index (χ2v) is 4.01. The zero-order valence-electron chi connectivity index (χ0n) is 8.60. The number of hydrogen-bond donors (Lipinski definition) is 3. The standard InChI is InChI=1S/C10H13N3OS.ClH/c11-10(12)15-7-6-9(14)13-8-4-2-1-3-5-8;/h1-5H,6-7H2,(H3,11,12)(H,13,14);1H. The maximum absolute atomic E-state index is 11.4. The van der Waals surface area contributed by atoms with Crippen molar-refractivity contribution in [3.63, 3.8) is 0 Å². The molecule has 0 aliphatic carbocycles. The van der Waals surface area contributed by atoms with Gasteiger partial charge in [-0.3, -0.25) is 10.2 Å². The molecule has 0 aromatic heterocycles. The van der Waals surface area contributed by atoms with E-state index in [1.807, 2.05) is 30.3 Å². The van der Waals surface area contributed by atoms with Gasteiger partial charge in [0.25, 0.3) is 0 Å². The Morgan fingerprint density at radius 3 is 2.56 bits per heavy atom. The number of nitrogens with two attached hydrogens (primary N) is 1. The lowest BCUT2D eigenvalue weighted by atomic mass is 10.3. The van der Waals surface area contributed by atoms with Crippen LogP contribution in [-0.4, -0.2) is 16.8 Å². The number of amides is 1. The SMILES string of the molecule is Cl.N=C(N)SCCC(=O)Nc1ccccc1. The molecule has 0 unspecified atom stereocenters. The topological polar surface area (TPSA) is 79.0 Å². The van der Waals surface area contributed by atoms with Gasteiger partial charge < -0.3 is 11.1 Å². The van der Waals surface area contributed by atoms with Crippen molar-refractivity contribution in [2.45, 2.75) is 6.42 Å². The third-order valence-electron chi connectivity index (χ3n) is 1.64. The summed E-state index contributed by atoms with van der Waals surface area (Å²) in [6.07, 6.45) is 0.360. The lowest BCUT2D eigenvalue weighted by molar-refractivity contribution is -0.115. The molecule has 0 aliphatic heterocycles. The number of thioether (sulfide) groups is 1. The second kappa shape index (κ2) is 8.01. The van der Waals surface area contributed by atoms with Crippen LogP contribution in [0.4, 0.5) is 5.69 Å². The van der Waals surface area contributed by atoms with Crippen molar-refractivity contribution < 1.29 is 4.79 Å². The molecule has 4 N–H and O–H groups in total. The minimum atomic E-state index is -0.0602. The number of nitrogens with one attached hydrogen (secondary N) is 2. The molecule has 0 spiro atoms. The van der Waals surface area contributed by atoms with Gasteiger partial charge in [-0.1, -0.05) is 30.0 Å². The van der Waals surface area contributed by atoms with Crippen LogP contribution >= 0.6 is 24.2 Å². The molecule has 0 heterocycles. The second-order valence-electron chi connectivity index (χ2n) is 2.88. The number of anilines is 1. The number of carbonyl (C=O) groups excluding carboxylic acids is 1. The minimum absolute atomic E-state index is 0. The van der Waals surface area contributed by atoms with Crippen molar-refractivity contribution in [1.29, 1.82) is 5.41 Å². The Bertz CT molecular complexity index is 345. The molecule has 0 radical (unpaired) electrons. The van der Waals surface area contributed by atoms with Gasteiger partial charge in [0.1, 0.15) is 0 Å². The third-order valence-corrected chi connectivity index (χ3v) is 2.36. The van der Waals surface area contributed by atoms with E-state index in [1.165, 1.54) is 11.8 Å². The molecule has 4 nitrogen and oxygen atoms in total. The Morgan fingerprint density at radius 2 is 2.00 bits per heavy atom. The van der Waals surface area contributed by atoms with Crippen LogP contribution in [0.5, 0.6) is 0 Å². The van der Waals surface area contributed by atoms with Gasteiger partial charge >= 0.3 is 0 Å². The monoisotopic (exact) mass is 259 g/mol. The molecule has 0 saturated carbocycles. The van der Waals surface area contributed by atoms with E-state index in [0.717, 1.165) is 5.69 Å². The number of para-hydroxylation sites is 1. The van der Waals surface area contributed by atoms with Crippen LogP contribution < -0.4 is 11.1 Å². The first-order valence-electron chi connectivity index (χ1n) is 4.50. The summed E-state index contributed by atoms with van der Waals surface area (Å²) in [5, 5.41) is 9.76. The largest absolute Gasteiger partial charge is 0.379 e. The van der Waals surface area contributed by atoms with E-state index >= 15 is 0 Å². The first-order chi connectivity index (χ1) is 7.18. The molecular weight excluding hydrogens is 246 g/mol. The average Bonchev–Trinajstić information content (AvgIpc) is 2.18. The third kappa shape index (κ3) is 6.31. The van der Waals surface area contributed by atoms with Crippen LogP contribution in [0, 0.1) is 5.41 Å². The summed E-state index contributed by atoms with van der Waals surface area (Å²) in [5.41, 5.74) is 5.93. The average molecular weight is 260 g/mol. The summed E-state index contributed by atoms with van der Waals surface area (Å²) in [5.74, 6) is 0.475. The highest BCUT2D eigenvalue weighted by Crippen LogP contribution is 2.07. The number of hydrogen-bond acceptors (Lipinski definition) is 3. The quantitative estimate of drug-likeness (QED) is 0.572. The van der Waals surface area contributed by atoms with Gasteiger partial charge in [-0.25, -0.2) is 0 Å². The highest BCUT2D eigenvalue weighted by atomic mass is 35.5. The summed E-state index contributed by atoms with van der Waals surface area (Å²) < 4.78 is 0. The predicted octanol–water partition coefficient (Wildman–Crippen LogP) is 2.06. The van der Waals surface area contributed by atoms with Gasteiger partial charge in [-0.2, -0.15) is 0 Å². The number of benzene rings is 1. The van der Waals surface area contributed by atoms with Crippen molar-refractivity contribution >= 4 is 40.9 Å². The summed E-state index contributed by atoms with van der Waals surface area (Å²) in [6, 6.07) is 9.27. The lowest BCUT2D eigenvalue weighted by Gasteiger charge is -2.03. The van der Waals surface area contributed by atoms with Gasteiger partial charge in [0.2, 0.25) is 5.91 Å². The molecule has 0 saturated heterocycles. The van der Waals surface area contributed by atoms with E-state index < -0.39 is 0 Å². The normalized spacial score (nSPS) is 9.00. The highest BCUT2D eigenvalue weighted by Gasteiger charge is 2.02. The van der Waals surface area contributed by atoms with Crippen LogP contribution in [0.2, 0.25) is 0 Å². The maximum Gasteiger partial charge on any atom is 0.225 e. The van der Waals surface area contributed by atoms with Crippen molar-refractivity contribution in [3.05, 3.63) is 30.3 Å². The summed E-state index contributed by atoms with van der Waals surface area (Å²) in [6.45, 7) is 0. The summed E-state index contributed by atoms with van der Waals surface area (Å²) >= 11 is 1.17. The molecule has 0 fully saturated rings. The van der Waals surface area contributed by atoms with E-state index in [2.05, 4.69) is 5.32 Å². The van der Waals surface area contributed by atoms with Gasteiger partial charge in [0.15, 0.2) is 5.17 Å². The van der Waals surface area contributed by atoms with Crippen LogP contribution in [0.1, 0.15) is 6.42 Å². The fourth-order valence-corrected chi connectivity index (χ4v) is 1.51. The molecule has 1 aromatic rings. The van der Waals surface area contributed by atoms with Gasteiger partial charge in [-0.15, -0.1) is 12.4 Å². The number of rotatable bonds is 4. The van der Waals surface area contributed by atoms with Crippen molar-refractivity contribution in [2.24, 2.45) is 5.73 Å². The molecule has 0 atom stereocenters. The fraction of sp³-hybridized carbons (Fsp3) is 0.200. The van der Waals surface area contributed by atoms with Gasteiger partial charge in [0, 0.05) is 17.9 Å². The molecule has 1 aromatic carbocycles. The van der Waals surface area contributed by atoms with E-state index in [4.69, 9.17) is 11.1 Å². The zero-order chi connectivity index (χ0) is 11.1. The first kappa shape index (κ1) is 14.8. The molecule has 1 rings (SSSR count). The smallest absolute Gasteiger partial charge is 0.225 e. The van der Waals surface area contributed by atoms with Crippen LogP contribution in [0.25, 0.3) is 0 Å². The van der Waals surface area contributed by atoms with Crippen molar-refractivity contribution in [2.75, 3.05) is 11.1 Å². The lowest BCUT2D eigenvalue weighted by Crippen LogP contribution is -2.13. The van der Waals surface area contributed by atoms with Gasteiger partial charge in [-0.05, 0) is 12.1 Å². The Labute approximate surface area is 105 Å². The van der Waals surface area contributed by atoms with Crippen molar-refractivity contribution in [3.8, 4) is 0 Å². The molecule has 1 amide bonds. The molecule has 0 aliphatic rings. The maximum atomic E-state index is 11.4. The van der Waals surface area contributed by atoms with E-state index in [9.17, 15) is 4.79 Å². The van der Waals surface area contributed by atoms with Crippen LogP contribution in [0.3, 0.4) is 0 Å². The predicted molar refractivity (Wildman–Crippen MR) is 71.3 cm³/mol. The minimum Gasteiger partial charge on any atom is -0.379 e. The first-order valence-corrected chi connectivity index (χ1v) is 5.49. The molecule has 16 heavy (non-hydrogen) atoms. The van der Waals surface area contributed by atoms with E-state index in [-0.39, 0.29) is 23.5 Å².